The monoisotopic (exact) mass is 531 g/mol. The Balaban J connectivity index is 1.53. The first kappa shape index (κ1) is 28.4. The largest absolute Gasteiger partial charge is 0.368 e. The Bertz CT molecular complexity index is 1050. The zero-order valence-corrected chi connectivity index (χ0v) is 24.1. The minimum atomic E-state index is -1.01. The average molecular weight is 532 g/mol. The van der Waals surface area contributed by atoms with Gasteiger partial charge in [-0.15, -0.1) is 0 Å². The molecule has 0 bridgehead atoms. The molecular formula is C28H45N5O5. The van der Waals surface area contributed by atoms with Crippen LogP contribution in [0, 0.1) is 34.0 Å². The average Bonchev–Trinajstić information content (AvgIpc) is 3.48. The van der Waals surface area contributed by atoms with Crippen molar-refractivity contribution in [3.63, 3.8) is 0 Å². The van der Waals surface area contributed by atoms with Gasteiger partial charge in [-0.3, -0.25) is 24.0 Å². The SMILES string of the molecule is CC(C)(C)C(=O)N[C@H](C(=O)N1CC2C(C1C(=O)N[C@@H](C[C@@H]1CC3(CC3)NC1=O)C(N)=O)C2(C)C)C(C)(C)C. The van der Waals surface area contributed by atoms with Gasteiger partial charge in [-0.05, 0) is 48.3 Å². The van der Waals surface area contributed by atoms with Gasteiger partial charge in [-0.2, -0.15) is 0 Å². The number of hydrogen-bond acceptors (Lipinski definition) is 5. The highest BCUT2D eigenvalue weighted by molar-refractivity contribution is 5.96. The number of nitrogens with two attached hydrogens (primary N) is 1. The highest BCUT2D eigenvalue weighted by Crippen LogP contribution is 2.65. The number of amides is 5. The van der Waals surface area contributed by atoms with Crippen molar-refractivity contribution < 1.29 is 24.0 Å². The summed E-state index contributed by atoms with van der Waals surface area (Å²) in [5.74, 6) is -2.10. The number of fused-ring (bicyclic) bond motifs is 1. The molecule has 2 saturated carbocycles. The highest BCUT2D eigenvalue weighted by Gasteiger charge is 2.70. The van der Waals surface area contributed by atoms with E-state index >= 15 is 0 Å². The van der Waals surface area contributed by atoms with Crippen molar-refractivity contribution in [2.45, 2.75) is 105 Å². The lowest BCUT2D eigenvalue weighted by Crippen LogP contribution is -2.61. The topological polar surface area (TPSA) is 151 Å². The van der Waals surface area contributed by atoms with Gasteiger partial charge >= 0.3 is 0 Å². The predicted molar refractivity (Wildman–Crippen MR) is 141 cm³/mol. The van der Waals surface area contributed by atoms with Crippen molar-refractivity contribution in [2.75, 3.05) is 6.54 Å². The summed E-state index contributed by atoms with van der Waals surface area (Å²) < 4.78 is 0. The molecule has 5 amide bonds. The molecule has 4 rings (SSSR count). The summed E-state index contributed by atoms with van der Waals surface area (Å²) in [6.45, 7) is 15.6. The number of nitrogens with one attached hydrogen (secondary N) is 3. The minimum Gasteiger partial charge on any atom is -0.368 e. The maximum atomic E-state index is 14.0. The molecule has 2 heterocycles. The zero-order chi connectivity index (χ0) is 28.6. The molecule has 0 aromatic carbocycles. The summed E-state index contributed by atoms with van der Waals surface area (Å²) in [4.78, 5) is 67.0. The number of hydrogen-bond donors (Lipinski definition) is 4. The number of rotatable bonds is 7. The second kappa shape index (κ2) is 8.95. The van der Waals surface area contributed by atoms with Gasteiger partial charge in [-0.1, -0.05) is 55.4 Å². The van der Waals surface area contributed by atoms with E-state index in [1.54, 1.807) is 25.7 Å². The number of carbonyl (C=O) groups is 5. The maximum absolute atomic E-state index is 14.0. The van der Waals surface area contributed by atoms with Gasteiger partial charge in [0, 0.05) is 23.4 Å². The highest BCUT2D eigenvalue weighted by atomic mass is 16.2. The Hall–Kier alpha value is -2.65. The zero-order valence-electron chi connectivity index (χ0n) is 24.1. The lowest BCUT2D eigenvalue weighted by atomic mass is 9.84. The predicted octanol–water partition coefficient (Wildman–Crippen LogP) is 1.08. The number of likely N-dealkylation sites (tertiary alicyclic amines) is 1. The third-order valence-corrected chi connectivity index (χ3v) is 9.26. The van der Waals surface area contributed by atoms with Gasteiger partial charge in [0.25, 0.3) is 0 Å². The van der Waals surface area contributed by atoms with Gasteiger partial charge < -0.3 is 26.6 Å². The van der Waals surface area contributed by atoms with Crippen LogP contribution in [0.3, 0.4) is 0 Å². The van der Waals surface area contributed by atoms with Crippen molar-refractivity contribution in [2.24, 2.45) is 39.7 Å². The molecule has 10 heteroatoms. The van der Waals surface area contributed by atoms with Crippen LogP contribution in [0.15, 0.2) is 0 Å². The fourth-order valence-corrected chi connectivity index (χ4v) is 6.41. The van der Waals surface area contributed by atoms with Crippen LogP contribution in [-0.4, -0.2) is 64.6 Å². The fourth-order valence-electron chi connectivity index (χ4n) is 6.41. The molecule has 2 aliphatic carbocycles. The number of piperidine rings is 1. The second-order valence-electron chi connectivity index (χ2n) is 14.8. The molecule has 4 fully saturated rings. The summed E-state index contributed by atoms with van der Waals surface area (Å²) in [7, 11) is 0. The van der Waals surface area contributed by atoms with Gasteiger partial charge in [-0.25, -0.2) is 0 Å². The molecule has 0 aromatic rings. The van der Waals surface area contributed by atoms with E-state index < -0.39 is 40.8 Å². The minimum absolute atomic E-state index is 0.0663. The van der Waals surface area contributed by atoms with Crippen LogP contribution in [0.1, 0.15) is 81.1 Å². The Morgan fingerprint density at radius 2 is 1.68 bits per heavy atom. The summed E-state index contributed by atoms with van der Waals surface area (Å²) in [6.07, 6.45) is 2.64. The maximum Gasteiger partial charge on any atom is 0.246 e. The third kappa shape index (κ3) is 5.15. The lowest BCUT2D eigenvalue weighted by Gasteiger charge is -2.38. The molecule has 1 spiro atoms. The molecule has 0 aromatic heterocycles. The van der Waals surface area contributed by atoms with Gasteiger partial charge in [0.1, 0.15) is 18.1 Å². The van der Waals surface area contributed by atoms with E-state index in [2.05, 4.69) is 29.8 Å². The smallest absolute Gasteiger partial charge is 0.246 e. The molecule has 2 saturated heterocycles. The van der Waals surface area contributed by atoms with Crippen LogP contribution in [0.5, 0.6) is 0 Å². The van der Waals surface area contributed by atoms with Gasteiger partial charge in [0.2, 0.25) is 29.5 Å². The Morgan fingerprint density at radius 1 is 1.08 bits per heavy atom. The molecule has 10 nitrogen and oxygen atoms in total. The third-order valence-electron chi connectivity index (χ3n) is 9.26. The van der Waals surface area contributed by atoms with Crippen molar-refractivity contribution in [1.29, 1.82) is 0 Å². The van der Waals surface area contributed by atoms with E-state index in [9.17, 15) is 24.0 Å². The summed E-state index contributed by atoms with van der Waals surface area (Å²) in [5, 5.41) is 8.75. The van der Waals surface area contributed by atoms with E-state index in [1.807, 2.05) is 20.8 Å². The van der Waals surface area contributed by atoms with E-state index in [4.69, 9.17) is 5.73 Å². The second-order valence-corrected chi connectivity index (χ2v) is 14.8. The molecule has 3 unspecified atom stereocenters. The van der Waals surface area contributed by atoms with Crippen LogP contribution < -0.4 is 21.7 Å². The molecule has 38 heavy (non-hydrogen) atoms. The van der Waals surface area contributed by atoms with E-state index in [0.717, 1.165) is 12.8 Å². The van der Waals surface area contributed by atoms with Crippen LogP contribution in [0.2, 0.25) is 0 Å². The van der Waals surface area contributed by atoms with E-state index in [-0.39, 0.29) is 52.8 Å². The lowest BCUT2D eigenvalue weighted by molar-refractivity contribution is -0.147. The molecule has 0 radical (unpaired) electrons. The van der Waals surface area contributed by atoms with Gasteiger partial charge in [0.05, 0.1) is 0 Å². The number of primary amides is 1. The first-order chi connectivity index (χ1) is 17.3. The molecule has 2 aliphatic heterocycles. The summed E-state index contributed by atoms with van der Waals surface area (Å²) >= 11 is 0. The number of nitrogens with zero attached hydrogens (tertiary/aromatic N) is 1. The Morgan fingerprint density at radius 3 is 2.16 bits per heavy atom. The van der Waals surface area contributed by atoms with Crippen molar-refractivity contribution in [1.82, 2.24) is 20.9 Å². The van der Waals surface area contributed by atoms with Crippen LogP contribution in [0.25, 0.3) is 0 Å². The first-order valence-corrected chi connectivity index (χ1v) is 13.8. The van der Waals surface area contributed by atoms with Gasteiger partial charge in [0.15, 0.2) is 0 Å². The van der Waals surface area contributed by atoms with Crippen LogP contribution in [-0.2, 0) is 24.0 Å². The van der Waals surface area contributed by atoms with E-state index in [1.165, 1.54) is 0 Å². The standard InChI is InChI=1S/C28H45N5O5/c1-25(2,3)19(31-24(38)26(4,5)6)23(37)33-13-15-17(27(15,7)8)18(33)22(36)30-16(20(29)34)11-14-12-28(9-10-28)32-21(14)35/h14-19H,9-13H2,1-8H3,(H2,29,34)(H,30,36)(H,31,38)(H,32,35)/t14-,15?,16+,17?,18?,19-/m1/s1. The van der Waals surface area contributed by atoms with Crippen molar-refractivity contribution in [3.8, 4) is 0 Å². The molecular weight excluding hydrogens is 486 g/mol. The quantitative estimate of drug-likeness (QED) is 0.388. The molecule has 6 atom stereocenters. The van der Waals surface area contributed by atoms with Crippen LogP contribution in [0.4, 0.5) is 0 Å². The molecule has 5 N–H and O–H groups in total. The van der Waals surface area contributed by atoms with Crippen molar-refractivity contribution >= 4 is 29.5 Å². The summed E-state index contributed by atoms with van der Waals surface area (Å²) in [6, 6.07) is -2.62. The molecule has 212 valence electrons. The van der Waals surface area contributed by atoms with E-state index in [0.29, 0.717) is 13.0 Å². The normalized spacial score (nSPS) is 30.2. The first-order valence-electron chi connectivity index (χ1n) is 13.8. The Kier molecular flexibility index (Phi) is 6.68. The summed E-state index contributed by atoms with van der Waals surface area (Å²) in [5.41, 5.74) is 4.12. The Labute approximate surface area is 225 Å². The van der Waals surface area contributed by atoms with Crippen LogP contribution >= 0.6 is 0 Å². The fraction of sp³-hybridized carbons (Fsp3) is 0.821. The molecule has 4 aliphatic rings. The number of carbonyl (C=O) groups excluding carboxylic acids is 5. The van der Waals surface area contributed by atoms with Crippen molar-refractivity contribution in [3.05, 3.63) is 0 Å².